The first-order chi connectivity index (χ1) is 15.3. The fourth-order valence-electron chi connectivity index (χ4n) is 3.68. The Morgan fingerprint density at radius 2 is 1.81 bits per heavy atom. The number of rotatable bonds is 8. The number of carbonyl (C=O) groups excluding carboxylic acids is 2. The molecule has 6 heteroatoms. The highest BCUT2D eigenvalue weighted by molar-refractivity contribution is 7.14. The first kappa shape index (κ1) is 23.7. The molecule has 3 aromatic rings. The lowest BCUT2D eigenvalue weighted by atomic mass is 9.86. The summed E-state index contributed by atoms with van der Waals surface area (Å²) < 4.78 is 5.67. The third-order valence-corrected chi connectivity index (χ3v) is 6.73. The highest BCUT2D eigenvalue weighted by Crippen LogP contribution is 2.33. The van der Waals surface area contributed by atoms with Crippen molar-refractivity contribution in [3.63, 3.8) is 0 Å². The summed E-state index contributed by atoms with van der Waals surface area (Å²) in [6.45, 7) is 9.76. The Morgan fingerprint density at radius 3 is 2.47 bits per heavy atom. The minimum Gasteiger partial charge on any atom is -0.459 e. The van der Waals surface area contributed by atoms with Crippen LogP contribution in [0.1, 0.15) is 55.5 Å². The molecule has 2 aromatic carbocycles. The van der Waals surface area contributed by atoms with Gasteiger partial charge in [-0.1, -0.05) is 62.7 Å². The van der Waals surface area contributed by atoms with Gasteiger partial charge in [-0.25, -0.2) is 4.98 Å². The van der Waals surface area contributed by atoms with E-state index in [2.05, 4.69) is 18.8 Å². The first-order valence-electron chi connectivity index (χ1n) is 10.9. The highest BCUT2D eigenvalue weighted by Gasteiger charge is 2.28. The minimum absolute atomic E-state index is 0.0770. The molecule has 0 aliphatic heterocycles. The number of esters is 1. The molecule has 0 aliphatic rings. The van der Waals surface area contributed by atoms with E-state index < -0.39 is 0 Å². The van der Waals surface area contributed by atoms with Crippen LogP contribution in [0.15, 0.2) is 53.9 Å². The second-order valence-corrected chi connectivity index (χ2v) is 8.91. The van der Waals surface area contributed by atoms with Gasteiger partial charge in [0.05, 0.1) is 17.3 Å². The van der Waals surface area contributed by atoms with Gasteiger partial charge in [0, 0.05) is 12.3 Å². The van der Waals surface area contributed by atoms with Crippen molar-refractivity contribution in [1.82, 2.24) is 4.98 Å². The third-order valence-electron chi connectivity index (χ3n) is 5.85. The molecule has 0 N–H and O–H groups in total. The SMILES string of the molecule is CCC(C)C(C(=O)OCc1csc(N(C(C)=O)c2cccc(C)c2C)n1)c1ccccc1. The van der Waals surface area contributed by atoms with Gasteiger partial charge < -0.3 is 4.74 Å². The maximum Gasteiger partial charge on any atom is 0.314 e. The van der Waals surface area contributed by atoms with Crippen molar-refractivity contribution in [2.24, 2.45) is 5.92 Å². The molecule has 0 spiro atoms. The van der Waals surface area contributed by atoms with Crippen molar-refractivity contribution in [3.05, 3.63) is 76.3 Å². The summed E-state index contributed by atoms with van der Waals surface area (Å²) in [4.78, 5) is 31.6. The zero-order valence-corrected chi connectivity index (χ0v) is 20.1. The van der Waals surface area contributed by atoms with Gasteiger partial charge in [0.1, 0.15) is 6.61 Å². The summed E-state index contributed by atoms with van der Waals surface area (Å²) >= 11 is 1.37. The Kier molecular flexibility index (Phi) is 7.80. The zero-order valence-electron chi connectivity index (χ0n) is 19.3. The molecule has 1 aromatic heterocycles. The number of anilines is 2. The fourth-order valence-corrected chi connectivity index (χ4v) is 4.54. The molecule has 0 saturated carbocycles. The Hall–Kier alpha value is -2.99. The van der Waals surface area contributed by atoms with Gasteiger partial charge in [-0.05, 0) is 42.5 Å². The highest BCUT2D eigenvalue weighted by atomic mass is 32.1. The molecule has 0 aliphatic carbocycles. The van der Waals surface area contributed by atoms with E-state index in [0.29, 0.717) is 10.8 Å². The molecule has 3 rings (SSSR count). The number of hydrogen-bond acceptors (Lipinski definition) is 5. The van der Waals surface area contributed by atoms with Gasteiger partial charge in [-0.3, -0.25) is 14.5 Å². The lowest BCUT2D eigenvalue weighted by Crippen LogP contribution is -2.24. The standard InChI is InChI=1S/C26H30N2O3S/c1-6-17(2)24(21-12-8-7-9-13-21)25(30)31-15-22-16-32-26(27-22)28(20(5)29)23-14-10-11-18(3)19(23)4/h7-14,16-17,24H,6,15H2,1-5H3. The predicted molar refractivity (Wildman–Crippen MR) is 129 cm³/mol. The van der Waals surface area contributed by atoms with E-state index in [1.165, 1.54) is 18.3 Å². The maximum absolute atomic E-state index is 13.0. The first-order valence-corrected chi connectivity index (χ1v) is 11.7. The number of hydrogen-bond donors (Lipinski definition) is 0. The van der Waals surface area contributed by atoms with Gasteiger partial charge >= 0.3 is 5.97 Å². The number of carbonyl (C=O) groups is 2. The average Bonchev–Trinajstić information content (AvgIpc) is 3.24. The number of benzene rings is 2. The van der Waals surface area contributed by atoms with Crippen LogP contribution < -0.4 is 4.90 Å². The minimum atomic E-state index is -0.317. The van der Waals surface area contributed by atoms with Crippen LogP contribution in [-0.4, -0.2) is 16.9 Å². The van der Waals surface area contributed by atoms with Gasteiger partial charge in [0.2, 0.25) is 5.91 Å². The van der Waals surface area contributed by atoms with E-state index >= 15 is 0 Å². The van der Waals surface area contributed by atoms with Crippen molar-refractivity contribution in [1.29, 1.82) is 0 Å². The molecule has 0 saturated heterocycles. The fraction of sp³-hybridized carbons (Fsp3) is 0.346. The second-order valence-electron chi connectivity index (χ2n) is 8.08. The number of thiazole rings is 1. The van der Waals surface area contributed by atoms with Crippen molar-refractivity contribution in [3.8, 4) is 0 Å². The van der Waals surface area contributed by atoms with Crippen LogP contribution >= 0.6 is 11.3 Å². The molecular formula is C26H30N2O3S. The molecule has 1 heterocycles. The van der Waals surface area contributed by atoms with E-state index in [1.807, 2.05) is 67.8 Å². The van der Waals surface area contributed by atoms with Gasteiger partial charge in [0.25, 0.3) is 0 Å². The van der Waals surface area contributed by atoms with Gasteiger partial charge in [-0.15, -0.1) is 11.3 Å². The maximum atomic E-state index is 13.0. The predicted octanol–water partition coefficient (Wildman–Crippen LogP) is 6.32. The summed E-state index contributed by atoms with van der Waals surface area (Å²) in [6.07, 6.45) is 0.874. The second kappa shape index (κ2) is 10.6. The molecule has 168 valence electrons. The Balaban J connectivity index is 1.77. The summed E-state index contributed by atoms with van der Waals surface area (Å²) in [7, 11) is 0. The van der Waals surface area contributed by atoms with E-state index in [0.717, 1.165) is 28.8 Å². The average molecular weight is 451 g/mol. The largest absolute Gasteiger partial charge is 0.459 e. The lowest BCUT2D eigenvalue weighted by molar-refractivity contribution is -0.148. The van der Waals surface area contributed by atoms with Crippen molar-refractivity contribution >= 4 is 34.0 Å². The number of ether oxygens (including phenoxy) is 1. The Morgan fingerprint density at radius 1 is 1.09 bits per heavy atom. The Labute approximate surface area is 194 Å². The Bertz CT molecular complexity index is 1080. The van der Waals surface area contributed by atoms with E-state index in [1.54, 1.807) is 4.90 Å². The van der Waals surface area contributed by atoms with E-state index in [-0.39, 0.29) is 30.3 Å². The number of aromatic nitrogens is 1. The molecule has 0 bridgehead atoms. The molecule has 32 heavy (non-hydrogen) atoms. The molecule has 2 unspecified atom stereocenters. The summed E-state index contributed by atoms with van der Waals surface area (Å²) in [6, 6.07) is 15.6. The van der Waals surface area contributed by atoms with Crippen LogP contribution in [0.25, 0.3) is 0 Å². The van der Waals surface area contributed by atoms with Crippen LogP contribution in [0.4, 0.5) is 10.8 Å². The monoisotopic (exact) mass is 450 g/mol. The van der Waals surface area contributed by atoms with Gasteiger partial charge in [-0.2, -0.15) is 0 Å². The van der Waals surface area contributed by atoms with Gasteiger partial charge in [0.15, 0.2) is 5.13 Å². The quantitative estimate of drug-likeness (QED) is 0.377. The number of aryl methyl sites for hydroxylation is 1. The molecular weight excluding hydrogens is 420 g/mol. The van der Waals surface area contributed by atoms with Crippen LogP contribution in [0, 0.1) is 19.8 Å². The summed E-state index contributed by atoms with van der Waals surface area (Å²) in [5.74, 6) is -0.521. The van der Waals surface area contributed by atoms with Crippen LogP contribution in [0.5, 0.6) is 0 Å². The van der Waals surface area contributed by atoms with Crippen molar-refractivity contribution < 1.29 is 14.3 Å². The zero-order chi connectivity index (χ0) is 23.3. The molecule has 5 nitrogen and oxygen atoms in total. The van der Waals surface area contributed by atoms with Crippen molar-refractivity contribution in [2.75, 3.05) is 4.90 Å². The summed E-state index contributed by atoms with van der Waals surface area (Å²) in [5.41, 5.74) is 4.55. The van der Waals surface area contributed by atoms with Crippen LogP contribution in [-0.2, 0) is 20.9 Å². The number of amides is 1. The third kappa shape index (κ3) is 5.25. The molecule has 0 radical (unpaired) electrons. The summed E-state index contributed by atoms with van der Waals surface area (Å²) in [5, 5.41) is 2.41. The molecule has 0 fully saturated rings. The lowest BCUT2D eigenvalue weighted by Gasteiger charge is -2.22. The van der Waals surface area contributed by atoms with Crippen molar-refractivity contribution in [2.45, 2.75) is 53.6 Å². The molecule has 2 atom stereocenters. The number of nitrogens with zero attached hydrogens (tertiary/aromatic N) is 2. The smallest absolute Gasteiger partial charge is 0.314 e. The van der Waals surface area contributed by atoms with E-state index in [4.69, 9.17) is 4.74 Å². The van der Waals surface area contributed by atoms with E-state index in [9.17, 15) is 9.59 Å². The normalized spacial score (nSPS) is 12.8. The van der Waals surface area contributed by atoms with Crippen LogP contribution in [0.2, 0.25) is 0 Å². The topological polar surface area (TPSA) is 59.5 Å². The van der Waals surface area contributed by atoms with Crippen LogP contribution in [0.3, 0.4) is 0 Å². The molecule has 1 amide bonds.